The molecule has 0 spiro atoms. The van der Waals surface area contributed by atoms with Crippen LogP contribution in [0, 0.1) is 5.92 Å². The van der Waals surface area contributed by atoms with Crippen LogP contribution in [0.1, 0.15) is 19.3 Å². The van der Waals surface area contributed by atoms with E-state index in [1.807, 2.05) is 0 Å². The molecule has 0 aromatic rings. The molecule has 2 N–H and O–H groups in total. The summed E-state index contributed by atoms with van der Waals surface area (Å²) < 4.78 is 5.38. The van der Waals surface area contributed by atoms with Crippen LogP contribution >= 0.6 is 0 Å². The van der Waals surface area contributed by atoms with Crippen molar-refractivity contribution in [2.24, 2.45) is 11.7 Å². The normalized spacial score (nSPS) is 35.8. The second-order valence-electron chi connectivity index (χ2n) is 4.26. The SMILES string of the molecule is NC[C@@H]1CCCN1CC1CCOC1. The Morgan fingerprint density at radius 3 is 3.00 bits per heavy atom. The smallest absolute Gasteiger partial charge is 0.0507 e. The summed E-state index contributed by atoms with van der Waals surface area (Å²) >= 11 is 0. The van der Waals surface area contributed by atoms with E-state index in [1.54, 1.807) is 0 Å². The lowest BCUT2D eigenvalue weighted by molar-refractivity contribution is 0.163. The van der Waals surface area contributed by atoms with E-state index >= 15 is 0 Å². The molecule has 2 heterocycles. The molecule has 2 saturated heterocycles. The first-order valence-electron chi connectivity index (χ1n) is 5.42. The van der Waals surface area contributed by atoms with Crippen molar-refractivity contribution < 1.29 is 4.74 Å². The molecule has 0 bridgehead atoms. The van der Waals surface area contributed by atoms with E-state index in [0.717, 1.165) is 25.7 Å². The molecule has 0 aromatic carbocycles. The molecule has 2 aliphatic heterocycles. The Morgan fingerprint density at radius 2 is 2.31 bits per heavy atom. The second-order valence-corrected chi connectivity index (χ2v) is 4.26. The highest BCUT2D eigenvalue weighted by Gasteiger charge is 2.27. The van der Waals surface area contributed by atoms with Gasteiger partial charge in [-0.05, 0) is 31.7 Å². The van der Waals surface area contributed by atoms with Gasteiger partial charge in [0, 0.05) is 25.7 Å². The fourth-order valence-corrected chi connectivity index (χ4v) is 2.46. The molecule has 2 atom stereocenters. The Balaban J connectivity index is 1.79. The van der Waals surface area contributed by atoms with E-state index in [9.17, 15) is 0 Å². The zero-order valence-electron chi connectivity index (χ0n) is 8.24. The van der Waals surface area contributed by atoms with Crippen molar-refractivity contribution in [3.05, 3.63) is 0 Å². The third-order valence-corrected chi connectivity index (χ3v) is 3.29. The molecule has 0 saturated carbocycles. The Morgan fingerprint density at radius 1 is 1.38 bits per heavy atom. The summed E-state index contributed by atoms with van der Waals surface area (Å²) in [5.41, 5.74) is 5.73. The third kappa shape index (κ3) is 2.22. The molecule has 2 fully saturated rings. The van der Waals surface area contributed by atoms with Crippen molar-refractivity contribution in [2.75, 3.05) is 32.8 Å². The van der Waals surface area contributed by atoms with E-state index in [2.05, 4.69) is 4.90 Å². The van der Waals surface area contributed by atoms with Gasteiger partial charge in [0.2, 0.25) is 0 Å². The first kappa shape index (κ1) is 9.44. The van der Waals surface area contributed by atoms with Crippen molar-refractivity contribution in [2.45, 2.75) is 25.3 Å². The molecule has 1 unspecified atom stereocenters. The maximum atomic E-state index is 5.73. The fraction of sp³-hybridized carbons (Fsp3) is 1.00. The zero-order valence-corrected chi connectivity index (χ0v) is 8.24. The van der Waals surface area contributed by atoms with Gasteiger partial charge < -0.3 is 10.5 Å². The van der Waals surface area contributed by atoms with E-state index in [1.165, 1.54) is 32.4 Å². The number of hydrogen-bond donors (Lipinski definition) is 1. The second kappa shape index (κ2) is 4.40. The van der Waals surface area contributed by atoms with Crippen molar-refractivity contribution in [1.29, 1.82) is 0 Å². The summed E-state index contributed by atoms with van der Waals surface area (Å²) in [4.78, 5) is 2.55. The molecule has 13 heavy (non-hydrogen) atoms. The van der Waals surface area contributed by atoms with Crippen molar-refractivity contribution >= 4 is 0 Å². The van der Waals surface area contributed by atoms with Crippen LogP contribution in [0.3, 0.4) is 0 Å². The summed E-state index contributed by atoms with van der Waals surface area (Å²) in [6, 6.07) is 0.653. The Bertz CT molecular complexity index is 157. The largest absolute Gasteiger partial charge is 0.381 e. The van der Waals surface area contributed by atoms with Gasteiger partial charge in [0.25, 0.3) is 0 Å². The molecule has 0 radical (unpaired) electrons. The lowest BCUT2D eigenvalue weighted by atomic mass is 10.1. The van der Waals surface area contributed by atoms with Gasteiger partial charge in [0.15, 0.2) is 0 Å². The van der Waals surface area contributed by atoms with Crippen molar-refractivity contribution in [3.8, 4) is 0 Å². The minimum atomic E-state index is 0.653. The predicted octanol–water partition coefficient (Wildman–Crippen LogP) is 0.446. The average molecular weight is 184 g/mol. The van der Waals surface area contributed by atoms with Gasteiger partial charge in [0.1, 0.15) is 0 Å². The molecule has 0 aromatic heterocycles. The van der Waals surface area contributed by atoms with Gasteiger partial charge in [-0.3, -0.25) is 4.90 Å². The minimum absolute atomic E-state index is 0.653. The van der Waals surface area contributed by atoms with Gasteiger partial charge >= 0.3 is 0 Å². The van der Waals surface area contributed by atoms with Gasteiger partial charge in [0.05, 0.1) is 6.61 Å². The Hall–Kier alpha value is -0.120. The van der Waals surface area contributed by atoms with Crippen LogP contribution in [0.4, 0.5) is 0 Å². The predicted molar refractivity (Wildman–Crippen MR) is 52.6 cm³/mol. The molecule has 2 aliphatic rings. The van der Waals surface area contributed by atoms with Crippen LogP contribution in [0.25, 0.3) is 0 Å². The number of hydrogen-bond acceptors (Lipinski definition) is 3. The lowest BCUT2D eigenvalue weighted by Crippen LogP contribution is -2.38. The van der Waals surface area contributed by atoms with Crippen molar-refractivity contribution in [1.82, 2.24) is 4.90 Å². The molecule has 3 heteroatoms. The number of nitrogens with zero attached hydrogens (tertiary/aromatic N) is 1. The number of nitrogens with two attached hydrogens (primary N) is 1. The summed E-state index contributed by atoms with van der Waals surface area (Å²) in [5.74, 6) is 0.771. The lowest BCUT2D eigenvalue weighted by Gasteiger charge is -2.25. The highest BCUT2D eigenvalue weighted by molar-refractivity contribution is 4.82. The molecule has 76 valence electrons. The van der Waals surface area contributed by atoms with Crippen LogP contribution in [0.2, 0.25) is 0 Å². The maximum absolute atomic E-state index is 5.73. The van der Waals surface area contributed by atoms with E-state index < -0.39 is 0 Å². The molecule has 0 amide bonds. The van der Waals surface area contributed by atoms with Crippen LogP contribution < -0.4 is 5.73 Å². The van der Waals surface area contributed by atoms with Gasteiger partial charge in [-0.15, -0.1) is 0 Å². The molecular weight excluding hydrogens is 164 g/mol. The molecule has 3 nitrogen and oxygen atoms in total. The highest BCUT2D eigenvalue weighted by atomic mass is 16.5. The standard InChI is InChI=1S/C10H20N2O/c11-6-10-2-1-4-12(10)7-9-3-5-13-8-9/h9-10H,1-8,11H2/t9?,10-/m0/s1. The quantitative estimate of drug-likeness (QED) is 0.692. The summed E-state index contributed by atoms with van der Waals surface area (Å²) in [7, 11) is 0. The van der Waals surface area contributed by atoms with Gasteiger partial charge in [-0.1, -0.05) is 0 Å². The minimum Gasteiger partial charge on any atom is -0.381 e. The summed E-state index contributed by atoms with van der Waals surface area (Å²) in [5, 5.41) is 0. The molecular formula is C10H20N2O. The van der Waals surface area contributed by atoms with Crippen LogP contribution in [0.15, 0.2) is 0 Å². The van der Waals surface area contributed by atoms with Gasteiger partial charge in [-0.2, -0.15) is 0 Å². The zero-order chi connectivity index (χ0) is 9.10. The maximum Gasteiger partial charge on any atom is 0.0507 e. The number of rotatable bonds is 3. The first-order chi connectivity index (χ1) is 6.40. The van der Waals surface area contributed by atoms with Crippen molar-refractivity contribution in [3.63, 3.8) is 0 Å². The summed E-state index contributed by atoms with van der Waals surface area (Å²) in [6.45, 7) is 5.22. The monoisotopic (exact) mass is 184 g/mol. The number of ether oxygens (including phenoxy) is 1. The van der Waals surface area contributed by atoms with Crippen LogP contribution in [-0.2, 0) is 4.74 Å². The van der Waals surface area contributed by atoms with E-state index in [0.29, 0.717) is 6.04 Å². The Kier molecular flexibility index (Phi) is 3.19. The number of likely N-dealkylation sites (tertiary alicyclic amines) is 1. The van der Waals surface area contributed by atoms with E-state index in [-0.39, 0.29) is 0 Å². The van der Waals surface area contributed by atoms with Crippen LogP contribution in [0.5, 0.6) is 0 Å². The molecule has 0 aliphatic carbocycles. The highest BCUT2D eigenvalue weighted by Crippen LogP contribution is 2.21. The topological polar surface area (TPSA) is 38.5 Å². The molecule has 2 rings (SSSR count). The third-order valence-electron chi connectivity index (χ3n) is 3.29. The average Bonchev–Trinajstić information content (AvgIpc) is 2.76. The van der Waals surface area contributed by atoms with Gasteiger partial charge in [-0.25, -0.2) is 0 Å². The van der Waals surface area contributed by atoms with Crippen LogP contribution in [-0.4, -0.2) is 43.8 Å². The Labute approximate surface area is 80.2 Å². The fourth-order valence-electron chi connectivity index (χ4n) is 2.46. The summed E-state index contributed by atoms with van der Waals surface area (Å²) in [6.07, 6.45) is 3.87. The first-order valence-corrected chi connectivity index (χ1v) is 5.42. The van der Waals surface area contributed by atoms with E-state index in [4.69, 9.17) is 10.5 Å².